The number of nitrogens with zero attached hydrogens (tertiary/aromatic N) is 6. The van der Waals surface area contributed by atoms with E-state index in [0.717, 1.165) is 103 Å². The molecule has 2 fully saturated rings. The number of benzene rings is 2. The van der Waals surface area contributed by atoms with Gasteiger partial charge in [-0.1, -0.05) is 50.6 Å². The molecule has 0 aliphatic carbocycles. The Morgan fingerprint density at radius 3 is 2.51 bits per heavy atom. The lowest BCUT2D eigenvalue weighted by Gasteiger charge is -2.41. The minimum absolute atomic E-state index is 0.206. The van der Waals surface area contributed by atoms with Gasteiger partial charge in [0, 0.05) is 54.9 Å². The summed E-state index contributed by atoms with van der Waals surface area (Å²) < 4.78 is 12.7. The van der Waals surface area contributed by atoms with E-state index < -0.39 is 17.7 Å². The van der Waals surface area contributed by atoms with Crippen LogP contribution >= 0.6 is 0 Å². The molecular formula is C46H59N7O4. The van der Waals surface area contributed by atoms with Gasteiger partial charge in [0.1, 0.15) is 23.2 Å². The molecule has 8 rings (SSSR count). The van der Waals surface area contributed by atoms with Crippen LogP contribution in [-0.2, 0) is 22.5 Å². The Morgan fingerprint density at radius 1 is 0.982 bits per heavy atom. The van der Waals surface area contributed by atoms with Crippen LogP contribution in [-0.4, -0.2) is 82.3 Å². The van der Waals surface area contributed by atoms with Crippen LogP contribution in [0.25, 0.3) is 33.2 Å². The lowest BCUT2D eigenvalue weighted by molar-refractivity contribution is -0.160. The van der Waals surface area contributed by atoms with Crippen LogP contribution in [0, 0.1) is 12.3 Å². The summed E-state index contributed by atoms with van der Waals surface area (Å²) in [6, 6.07) is 14.8. The number of furan rings is 1. The fraction of sp³-hybridized carbons (Fsp3) is 0.522. The molecule has 2 N–H and O–H groups in total. The quantitative estimate of drug-likeness (QED) is 0.125. The number of fused-ring (bicyclic) bond motifs is 4. The van der Waals surface area contributed by atoms with Crippen molar-refractivity contribution in [2.45, 2.75) is 105 Å². The second-order valence-electron chi connectivity index (χ2n) is 18.1. The first-order valence-electron chi connectivity index (χ1n) is 21.0. The zero-order valence-corrected chi connectivity index (χ0v) is 34.7. The molecule has 0 amide bonds. The minimum atomic E-state index is -1.18. The first-order valence-corrected chi connectivity index (χ1v) is 21.0. The molecule has 3 aliphatic rings. The van der Waals surface area contributed by atoms with Crippen molar-refractivity contribution in [3.8, 4) is 11.1 Å². The van der Waals surface area contributed by atoms with Crippen molar-refractivity contribution >= 4 is 45.4 Å². The van der Waals surface area contributed by atoms with Crippen LogP contribution in [0.5, 0.6) is 0 Å². The summed E-state index contributed by atoms with van der Waals surface area (Å²) in [4.78, 5) is 35.0. The molecule has 0 radical (unpaired) electrons. The van der Waals surface area contributed by atoms with E-state index in [1.165, 1.54) is 43.5 Å². The third-order valence-corrected chi connectivity index (χ3v) is 12.1. The Balaban J connectivity index is 1.20. The maximum Gasteiger partial charge on any atom is 0.337 e. The number of carboxylic acid groups (broad SMARTS) is 1. The first kappa shape index (κ1) is 39.1. The van der Waals surface area contributed by atoms with E-state index in [2.05, 4.69) is 57.0 Å². The molecule has 11 nitrogen and oxygen atoms in total. The SMILES string of the molecule is Cc1nc(NCCCN2CCCCC2)c(-c2ccc3c(c2)CCN(c2ncnc4c2oc2ccccc24)C3)c(N2CCC(C)(C)CC2)c1[C@H](OC(C)(C)C)C(=O)O. The van der Waals surface area contributed by atoms with Crippen molar-refractivity contribution in [3.05, 3.63) is 71.2 Å². The highest BCUT2D eigenvalue weighted by Crippen LogP contribution is 2.47. The van der Waals surface area contributed by atoms with Gasteiger partial charge in [0.2, 0.25) is 0 Å². The topological polar surface area (TPSA) is 120 Å². The number of nitrogens with one attached hydrogen (secondary N) is 1. The molecule has 1 atom stereocenters. The summed E-state index contributed by atoms with van der Waals surface area (Å²) in [6.45, 7) is 19.6. The van der Waals surface area contributed by atoms with E-state index in [0.29, 0.717) is 23.4 Å². The van der Waals surface area contributed by atoms with E-state index in [-0.39, 0.29) is 5.41 Å². The molecule has 5 aromatic rings. The second-order valence-corrected chi connectivity index (χ2v) is 18.1. The number of para-hydroxylation sites is 1. The van der Waals surface area contributed by atoms with E-state index in [1.54, 1.807) is 6.33 Å². The Morgan fingerprint density at radius 2 is 1.75 bits per heavy atom. The van der Waals surface area contributed by atoms with Gasteiger partial charge in [0.05, 0.1) is 11.3 Å². The number of hydrogen-bond acceptors (Lipinski definition) is 10. The molecule has 3 aliphatic heterocycles. The summed E-state index contributed by atoms with van der Waals surface area (Å²) in [7, 11) is 0. The maximum atomic E-state index is 13.2. The van der Waals surface area contributed by atoms with E-state index >= 15 is 0 Å². The third-order valence-electron chi connectivity index (χ3n) is 12.1. The van der Waals surface area contributed by atoms with Gasteiger partial charge < -0.3 is 34.3 Å². The second kappa shape index (κ2) is 15.9. The number of aryl methyl sites for hydroxylation is 1. The van der Waals surface area contributed by atoms with Crippen molar-refractivity contribution in [2.24, 2.45) is 5.41 Å². The van der Waals surface area contributed by atoms with Crippen LogP contribution in [0.4, 0.5) is 17.3 Å². The summed E-state index contributed by atoms with van der Waals surface area (Å²) in [6.07, 6.45) is 8.16. The lowest BCUT2D eigenvalue weighted by atomic mass is 9.81. The van der Waals surface area contributed by atoms with Crippen molar-refractivity contribution in [1.82, 2.24) is 19.9 Å². The molecule has 6 heterocycles. The number of aliphatic carboxylic acids is 1. The molecule has 57 heavy (non-hydrogen) atoms. The van der Waals surface area contributed by atoms with Crippen LogP contribution < -0.4 is 15.1 Å². The van der Waals surface area contributed by atoms with Crippen LogP contribution in [0.1, 0.15) is 102 Å². The van der Waals surface area contributed by atoms with Crippen LogP contribution in [0.3, 0.4) is 0 Å². The predicted molar refractivity (Wildman–Crippen MR) is 228 cm³/mol. The third kappa shape index (κ3) is 8.32. The van der Waals surface area contributed by atoms with Gasteiger partial charge in [-0.25, -0.2) is 19.7 Å². The average Bonchev–Trinajstić information content (AvgIpc) is 3.57. The van der Waals surface area contributed by atoms with Crippen molar-refractivity contribution < 1.29 is 19.1 Å². The van der Waals surface area contributed by atoms with Gasteiger partial charge in [-0.2, -0.15) is 0 Å². The summed E-state index contributed by atoms with van der Waals surface area (Å²) in [5.74, 6) is 0.610. The Hall–Kier alpha value is -4.74. The molecule has 0 unspecified atom stereocenters. The normalized spacial score (nSPS) is 18.2. The fourth-order valence-corrected chi connectivity index (χ4v) is 8.99. The van der Waals surface area contributed by atoms with Crippen molar-refractivity contribution in [3.63, 3.8) is 0 Å². The number of carbonyl (C=O) groups is 1. The Kier molecular flexibility index (Phi) is 10.9. The summed E-state index contributed by atoms with van der Waals surface area (Å²) in [5.41, 5.74) is 8.63. The Bertz CT molecular complexity index is 2240. The number of likely N-dealkylation sites (tertiary alicyclic amines) is 1. The number of anilines is 3. The smallest absolute Gasteiger partial charge is 0.337 e. The minimum Gasteiger partial charge on any atom is -0.479 e. The van der Waals surface area contributed by atoms with Gasteiger partial charge in [0.25, 0.3) is 0 Å². The zero-order valence-electron chi connectivity index (χ0n) is 34.7. The standard InChI is InChI=1S/C46H59N7O4/c1-30-36(40(44(54)55)57-45(2,3)4)39(52-25-18-46(5,6)19-26-52)37(42(50-30)47-20-12-23-51-21-10-7-11-22-51)32-15-16-33-28-53(24-17-31(33)27-32)43-41-38(48-29-49-43)34-13-8-9-14-35(34)56-41/h8-9,13-16,27,29,40H,7,10-12,17-26,28H2,1-6H3,(H,47,50)(H,54,55)/t40-/m0/s1. The number of pyridine rings is 1. The fourth-order valence-electron chi connectivity index (χ4n) is 8.99. The number of carboxylic acids is 1. The number of rotatable bonds is 11. The number of piperidine rings is 2. The predicted octanol–water partition coefficient (Wildman–Crippen LogP) is 9.16. The number of hydrogen-bond donors (Lipinski definition) is 2. The van der Waals surface area contributed by atoms with Crippen molar-refractivity contribution in [2.75, 3.05) is 60.9 Å². The van der Waals surface area contributed by atoms with E-state index in [9.17, 15) is 9.90 Å². The molecule has 2 aromatic carbocycles. The molecule has 302 valence electrons. The molecule has 11 heteroatoms. The highest BCUT2D eigenvalue weighted by atomic mass is 16.5. The van der Waals surface area contributed by atoms with Crippen LogP contribution in [0.15, 0.2) is 53.2 Å². The first-order chi connectivity index (χ1) is 27.3. The number of aromatic nitrogens is 3. The van der Waals surface area contributed by atoms with Crippen LogP contribution in [0.2, 0.25) is 0 Å². The summed E-state index contributed by atoms with van der Waals surface area (Å²) >= 11 is 0. The van der Waals surface area contributed by atoms with Gasteiger partial charge >= 0.3 is 5.97 Å². The van der Waals surface area contributed by atoms with E-state index in [4.69, 9.17) is 19.1 Å². The highest BCUT2D eigenvalue weighted by Gasteiger charge is 2.37. The largest absolute Gasteiger partial charge is 0.479 e. The zero-order chi connectivity index (χ0) is 39.9. The van der Waals surface area contributed by atoms with Gasteiger partial charge in [-0.3, -0.25) is 0 Å². The van der Waals surface area contributed by atoms with Gasteiger partial charge in [-0.15, -0.1) is 0 Å². The summed E-state index contributed by atoms with van der Waals surface area (Å²) in [5, 5.41) is 15.6. The van der Waals surface area contributed by atoms with Gasteiger partial charge in [0.15, 0.2) is 17.5 Å². The molecule has 2 saturated heterocycles. The molecule has 3 aromatic heterocycles. The molecular weight excluding hydrogens is 715 g/mol. The lowest BCUT2D eigenvalue weighted by Crippen LogP contribution is -2.39. The molecule has 0 bridgehead atoms. The number of ether oxygens (including phenoxy) is 1. The van der Waals surface area contributed by atoms with Crippen molar-refractivity contribution in [1.29, 1.82) is 0 Å². The molecule has 0 spiro atoms. The average molecular weight is 774 g/mol. The maximum absolute atomic E-state index is 13.2. The van der Waals surface area contributed by atoms with Gasteiger partial charge in [-0.05, 0) is 120 Å². The van der Waals surface area contributed by atoms with E-state index in [1.807, 2.05) is 52.0 Å². The Labute approximate surface area is 336 Å². The molecule has 0 saturated carbocycles. The highest BCUT2D eigenvalue weighted by molar-refractivity contribution is 6.05. The monoisotopic (exact) mass is 773 g/mol.